The summed E-state index contributed by atoms with van der Waals surface area (Å²) in [6.45, 7) is 4.55. The molecule has 2 saturated carbocycles. The Labute approximate surface area is 140 Å². The topological polar surface area (TPSA) is 29.5 Å². The van der Waals surface area contributed by atoms with Crippen molar-refractivity contribution in [1.29, 1.82) is 0 Å². The summed E-state index contributed by atoms with van der Waals surface area (Å²) in [5.41, 5.74) is 2.77. The molecule has 0 aromatic heterocycles. The summed E-state index contributed by atoms with van der Waals surface area (Å²) < 4.78 is 5.41. The summed E-state index contributed by atoms with van der Waals surface area (Å²) in [6.07, 6.45) is 7.99. The number of aliphatic hydroxyl groups is 1. The van der Waals surface area contributed by atoms with Gasteiger partial charge in [-0.05, 0) is 91.4 Å². The number of fused-ring (bicyclic) bond motifs is 5. The summed E-state index contributed by atoms with van der Waals surface area (Å²) in [5.74, 6) is 3.14. The third-order valence-electron chi connectivity index (χ3n) is 7.84. The highest BCUT2D eigenvalue weighted by Crippen LogP contribution is 2.64. The first-order valence-electron chi connectivity index (χ1n) is 9.41. The number of aryl methyl sites for hydroxylation is 1. The van der Waals surface area contributed by atoms with Gasteiger partial charge in [0.05, 0.1) is 12.7 Å². The standard InChI is InChI=1S/C21H30O2/c1-4-21(22)12-10-19-18-7-5-14-13-15(23-3)6-8-16(14)17(18)9-11-20(19,21)2/h6,8,13,17-19,22H,4-5,7,9-12H2,1-3H3/t17?,18?,19?,20-,21-/m0/s1. The molecule has 1 aromatic carbocycles. The van der Waals surface area contributed by atoms with Gasteiger partial charge in [0, 0.05) is 0 Å². The number of rotatable bonds is 2. The largest absolute Gasteiger partial charge is 0.497 e. The molecule has 2 heteroatoms. The fourth-order valence-corrected chi connectivity index (χ4v) is 6.38. The Morgan fingerprint density at radius 1 is 1.22 bits per heavy atom. The third kappa shape index (κ3) is 2.03. The van der Waals surface area contributed by atoms with Crippen LogP contribution in [-0.4, -0.2) is 17.8 Å². The van der Waals surface area contributed by atoms with Gasteiger partial charge < -0.3 is 9.84 Å². The van der Waals surface area contributed by atoms with Gasteiger partial charge in [-0.1, -0.05) is 19.9 Å². The highest BCUT2D eigenvalue weighted by molar-refractivity contribution is 5.40. The van der Waals surface area contributed by atoms with Gasteiger partial charge in [0.15, 0.2) is 0 Å². The number of benzene rings is 1. The van der Waals surface area contributed by atoms with Gasteiger partial charge in [-0.3, -0.25) is 0 Å². The average Bonchev–Trinajstić information content (AvgIpc) is 2.86. The van der Waals surface area contributed by atoms with E-state index in [0.29, 0.717) is 11.8 Å². The molecule has 0 spiro atoms. The molecule has 2 nitrogen and oxygen atoms in total. The number of ether oxygens (including phenoxy) is 1. The normalized spacial score (nSPS) is 41.8. The Morgan fingerprint density at radius 3 is 2.78 bits per heavy atom. The van der Waals surface area contributed by atoms with Gasteiger partial charge in [0.2, 0.25) is 0 Å². The second kappa shape index (κ2) is 5.24. The lowest BCUT2D eigenvalue weighted by Crippen LogP contribution is -2.50. The Bertz CT molecular complexity index is 610. The zero-order valence-electron chi connectivity index (χ0n) is 14.8. The van der Waals surface area contributed by atoms with E-state index >= 15 is 0 Å². The second-order valence-electron chi connectivity index (χ2n) is 8.36. The van der Waals surface area contributed by atoms with Crippen LogP contribution in [0.1, 0.15) is 69.4 Å². The van der Waals surface area contributed by atoms with Crippen LogP contribution in [0.15, 0.2) is 18.2 Å². The zero-order chi connectivity index (χ0) is 16.2. The van der Waals surface area contributed by atoms with Crippen molar-refractivity contribution < 1.29 is 9.84 Å². The Balaban J connectivity index is 1.68. The molecule has 1 aromatic rings. The van der Waals surface area contributed by atoms with Crippen LogP contribution in [0.4, 0.5) is 0 Å². The summed E-state index contributed by atoms with van der Waals surface area (Å²) in [4.78, 5) is 0. The molecule has 5 atom stereocenters. The van der Waals surface area contributed by atoms with E-state index < -0.39 is 5.60 Å². The van der Waals surface area contributed by atoms with Gasteiger partial charge >= 0.3 is 0 Å². The van der Waals surface area contributed by atoms with E-state index in [-0.39, 0.29) is 5.41 Å². The summed E-state index contributed by atoms with van der Waals surface area (Å²) >= 11 is 0. The van der Waals surface area contributed by atoms with E-state index in [2.05, 4.69) is 32.0 Å². The molecule has 3 aliphatic rings. The molecule has 1 N–H and O–H groups in total. The molecule has 3 aliphatic carbocycles. The molecule has 0 heterocycles. The molecule has 0 aliphatic heterocycles. The van der Waals surface area contributed by atoms with Crippen LogP contribution in [0, 0.1) is 17.3 Å². The van der Waals surface area contributed by atoms with Crippen molar-refractivity contribution in [3.8, 4) is 5.75 Å². The molecule has 4 rings (SSSR count). The first-order chi connectivity index (χ1) is 11.0. The van der Waals surface area contributed by atoms with E-state index in [9.17, 15) is 5.11 Å². The Morgan fingerprint density at radius 2 is 2.04 bits per heavy atom. The summed E-state index contributed by atoms with van der Waals surface area (Å²) in [7, 11) is 1.75. The van der Waals surface area contributed by atoms with Crippen molar-refractivity contribution >= 4 is 0 Å². The van der Waals surface area contributed by atoms with Crippen molar-refractivity contribution in [2.45, 2.75) is 70.3 Å². The van der Waals surface area contributed by atoms with E-state index in [1.807, 2.05) is 0 Å². The van der Waals surface area contributed by atoms with Crippen molar-refractivity contribution in [3.63, 3.8) is 0 Å². The number of methoxy groups -OCH3 is 1. The first-order valence-corrected chi connectivity index (χ1v) is 9.41. The predicted molar refractivity (Wildman–Crippen MR) is 92.9 cm³/mol. The van der Waals surface area contributed by atoms with Crippen LogP contribution >= 0.6 is 0 Å². The highest BCUT2D eigenvalue weighted by Gasteiger charge is 2.60. The lowest BCUT2D eigenvalue weighted by atomic mass is 9.53. The molecule has 0 saturated heterocycles. The maximum Gasteiger partial charge on any atom is 0.119 e. The van der Waals surface area contributed by atoms with Crippen LogP contribution in [-0.2, 0) is 6.42 Å². The number of hydrogen-bond acceptors (Lipinski definition) is 2. The fraction of sp³-hybridized carbons (Fsp3) is 0.714. The third-order valence-corrected chi connectivity index (χ3v) is 7.84. The first kappa shape index (κ1) is 15.5. The predicted octanol–water partition coefficient (Wildman–Crippen LogP) is 4.69. The van der Waals surface area contributed by atoms with Crippen molar-refractivity contribution in [2.75, 3.05) is 7.11 Å². The van der Waals surface area contributed by atoms with E-state index in [0.717, 1.165) is 24.5 Å². The van der Waals surface area contributed by atoms with Gasteiger partial charge in [-0.25, -0.2) is 0 Å². The quantitative estimate of drug-likeness (QED) is 0.858. The van der Waals surface area contributed by atoms with Crippen molar-refractivity contribution in [1.82, 2.24) is 0 Å². The lowest BCUT2D eigenvalue weighted by molar-refractivity contribution is -0.104. The fourth-order valence-electron chi connectivity index (χ4n) is 6.38. The number of hydrogen-bond donors (Lipinski definition) is 1. The minimum Gasteiger partial charge on any atom is -0.497 e. The molecule has 0 radical (unpaired) electrons. The molecule has 0 amide bonds. The van der Waals surface area contributed by atoms with Crippen LogP contribution in [0.2, 0.25) is 0 Å². The van der Waals surface area contributed by atoms with Crippen molar-refractivity contribution in [3.05, 3.63) is 29.3 Å². The molecular weight excluding hydrogens is 284 g/mol. The summed E-state index contributed by atoms with van der Waals surface area (Å²) in [6, 6.07) is 6.69. The average molecular weight is 314 g/mol. The SMILES string of the molecule is CC[C@]1(O)CCC2C3CCc4cc(OC)ccc4C3CC[C@@]21C. The molecule has 2 fully saturated rings. The lowest BCUT2D eigenvalue weighted by Gasteiger charge is -2.53. The monoisotopic (exact) mass is 314 g/mol. The van der Waals surface area contributed by atoms with E-state index in [1.165, 1.54) is 37.7 Å². The maximum atomic E-state index is 11.2. The van der Waals surface area contributed by atoms with Crippen LogP contribution in [0.25, 0.3) is 0 Å². The minimum atomic E-state index is -0.428. The van der Waals surface area contributed by atoms with E-state index in [4.69, 9.17) is 4.74 Å². The van der Waals surface area contributed by atoms with Gasteiger partial charge in [-0.2, -0.15) is 0 Å². The van der Waals surface area contributed by atoms with Crippen LogP contribution in [0.5, 0.6) is 5.75 Å². The summed E-state index contributed by atoms with van der Waals surface area (Å²) in [5, 5.41) is 11.2. The minimum absolute atomic E-state index is 0.132. The molecule has 23 heavy (non-hydrogen) atoms. The zero-order valence-corrected chi connectivity index (χ0v) is 14.8. The second-order valence-corrected chi connectivity index (χ2v) is 8.36. The van der Waals surface area contributed by atoms with Crippen LogP contribution < -0.4 is 4.74 Å². The molecule has 0 bridgehead atoms. The Kier molecular flexibility index (Phi) is 3.53. The van der Waals surface area contributed by atoms with Crippen LogP contribution in [0.3, 0.4) is 0 Å². The van der Waals surface area contributed by atoms with Gasteiger partial charge in [0.25, 0.3) is 0 Å². The maximum absolute atomic E-state index is 11.2. The Hall–Kier alpha value is -1.02. The van der Waals surface area contributed by atoms with Gasteiger partial charge in [0.1, 0.15) is 5.75 Å². The molecular formula is C21H30O2. The van der Waals surface area contributed by atoms with E-state index in [1.54, 1.807) is 12.7 Å². The van der Waals surface area contributed by atoms with Gasteiger partial charge in [-0.15, -0.1) is 0 Å². The molecule has 3 unspecified atom stereocenters. The van der Waals surface area contributed by atoms with Crippen molar-refractivity contribution in [2.24, 2.45) is 17.3 Å². The highest BCUT2D eigenvalue weighted by atomic mass is 16.5. The smallest absolute Gasteiger partial charge is 0.119 e. The molecule has 126 valence electrons.